The Morgan fingerprint density at radius 2 is 1.91 bits per heavy atom. The standard InChI is InChI=1S/C10H20O/c1-7(2)10-5-4-9(11)6-8(10)3/h7-11H,4-6H2,1-3H3. The van der Waals surface area contributed by atoms with Crippen LogP contribution in [0.1, 0.15) is 40.0 Å². The molecule has 0 amide bonds. The minimum absolute atomic E-state index is 0.0139. The van der Waals surface area contributed by atoms with E-state index in [1.165, 1.54) is 6.42 Å². The van der Waals surface area contributed by atoms with Crippen molar-refractivity contribution >= 4 is 0 Å². The summed E-state index contributed by atoms with van der Waals surface area (Å²) in [5.74, 6) is 2.36. The van der Waals surface area contributed by atoms with Crippen molar-refractivity contribution in [1.82, 2.24) is 0 Å². The average Bonchev–Trinajstić information content (AvgIpc) is 1.85. The molecule has 1 heteroatoms. The van der Waals surface area contributed by atoms with Crippen molar-refractivity contribution in [2.45, 2.75) is 46.1 Å². The summed E-state index contributed by atoms with van der Waals surface area (Å²) in [5, 5.41) is 9.38. The van der Waals surface area contributed by atoms with E-state index >= 15 is 0 Å². The zero-order valence-electron chi connectivity index (χ0n) is 7.88. The first-order valence-corrected chi connectivity index (χ1v) is 4.79. The van der Waals surface area contributed by atoms with Crippen LogP contribution >= 0.6 is 0 Å². The molecule has 0 spiro atoms. The highest BCUT2D eigenvalue weighted by Gasteiger charge is 2.27. The Bertz CT molecular complexity index is 120. The van der Waals surface area contributed by atoms with Crippen LogP contribution in [0.25, 0.3) is 0 Å². The summed E-state index contributed by atoms with van der Waals surface area (Å²) in [6.45, 7) is 6.85. The topological polar surface area (TPSA) is 20.2 Å². The van der Waals surface area contributed by atoms with Crippen LogP contribution in [0.5, 0.6) is 0 Å². The van der Waals surface area contributed by atoms with Gasteiger partial charge in [0.15, 0.2) is 0 Å². The molecule has 1 N–H and O–H groups in total. The molecule has 3 atom stereocenters. The predicted molar refractivity (Wildman–Crippen MR) is 47.3 cm³/mol. The van der Waals surface area contributed by atoms with Crippen LogP contribution in [0.15, 0.2) is 0 Å². The fraction of sp³-hybridized carbons (Fsp3) is 1.00. The maximum absolute atomic E-state index is 9.38. The summed E-state index contributed by atoms with van der Waals surface area (Å²) < 4.78 is 0. The van der Waals surface area contributed by atoms with Crippen LogP contribution in [-0.4, -0.2) is 11.2 Å². The molecule has 0 aromatic carbocycles. The van der Waals surface area contributed by atoms with E-state index in [9.17, 15) is 5.11 Å². The van der Waals surface area contributed by atoms with Crippen LogP contribution in [0, 0.1) is 17.8 Å². The number of aliphatic hydroxyl groups excluding tert-OH is 1. The SMILES string of the molecule is CC(C)C1CCC(O)CC1C. The van der Waals surface area contributed by atoms with Gasteiger partial charge in [0.1, 0.15) is 0 Å². The van der Waals surface area contributed by atoms with Crippen molar-refractivity contribution in [3.63, 3.8) is 0 Å². The van der Waals surface area contributed by atoms with Gasteiger partial charge in [-0.25, -0.2) is 0 Å². The molecule has 66 valence electrons. The van der Waals surface area contributed by atoms with Gasteiger partial charge in [0.2, 0.25) is 0 Å². The lowest BCUT2D eigenvalue weighted by molar-refractivity contribution is 0.0595. The molecule has 0 heterocycles. The van der Waals surface area contributed by atoms with E-state index in [1.807, 2.05) is 0 Å². The molecule has 0 aromatic heterocycles. The quantitative estimate of drug-likeness (QED) is 0.618. The first-order chi connectivity index (χ1) is 5.11. The fourth-order valence-corrected chi connectivity index (χ4v) is 2.38. The van der Waals surface area contributed by atoms with E-state index in [0.29, 0.717) is 0 Å². The first-order valence-electron chi connectivity index (χ1n) is 4.79. The van der Waals surface area contributed by atoms with Crippen molar-refractivity contribution in [1.29, 1.82) is 0 Å². The Morgan fingerprint density at radius 1 is 1.27 bits per heavy atom. The summed E-state index contributed by atoms with van der Waals surface area (Å²) in [7, 11) is 0. The average molecular weight is 156 g/mol. The van der Waals surface area contributed by atoms with Crippen LogP contribution in [0.2, 0.25) is 0 Å². The smallest absolute Gasteiger partial charge is 0.0543 e. The molecule has 1 nitrogen and oxygen atoms in total. The zero-order chi connectivity index (χ0) is 8.43. The predicted octanol–water partition coefficient (Wildman–Crippen LogP) is 2.44. The van der Waals surface area contributed by atoms with Gasteiger partial charge in [-0.2, -0.15) is 0 Å². The molecule has 11 heavy (non-hydrogen) atoms. The molecule has 3 unspecified atom stereocenters. The number of hydrogen-bond donors (Lipinski definition) is 1. The molecular formula is C10H20O. The lowest BCUT2D eigenvalue weighted by Gasteiger charge is -2.34. The van der Waals surface area contributed by atoms with E-state index in [0.717, 1.165) is 30.6 Å². The Hall–Kier alpha value is -0.0400. The highest BCUT2D eigenvalue weighted by atomic mass is 16.3. The lowest BCUT2D eigenvalue weighted by Crippen LogP contribution is -2.28. The second-order valence-electron chi connectivity index (χ2n) is 4.35. The van der Waals surface area contributed by atoms with Crippen molar-refractivity contribution in [3.05, 3.63) is 0 Å². The highest BCUT2D eigenvalue weighted by molar-refractivity contribution is 4.78. The molecule has 1 aliphatic carbocycles. The molecule has 0 bridgehead atoms. The lowest BCUT2D eigenvalue weighted by atomic mass is 9.73. The van der Waals surface area contributed by atoms with Gasteiger partial charge in [0, 0.05) is 0 Å². The summed E-state index contributed by atoms with van der Waals surface area (Å²) in [4.78, 5) is 0. The molecule has 1 fully saturated rings. The van der Waals surface area contributed by atoms with Crippen molar-refractivity contribution in [2.24, 2.45) is 17.8 Å². The van der Waals surface area contributed by atoms with Crippen molar-refractivity contribution < 1.29 is 5.11 Å². The van der Waals surface area contributed by atoms with E-state index < -0.39 is 0 Å². The monoisotopic (exact) mass is 156 g/mol. The van der Waals surface area contributed by atoms with Gasteiger partial charge < -0.3 is 5.11 Å². The maximum Gasteiger partial charge on any atom is 0.0543 e. The summed E-state index contributed by atoms with van der Waals surface area (Å²) in [5.41, 5.74) is 0. The minimum atomic E-state index is -0.0139. The summed E-state index contributed by atoms with van der Waals surface area (Å²) in [6.07, 6.45) is 3.25. The van der Waals surface area contributed by atoms with Crippen LogP contribution in [0.4, 0.5) is 0 Å². The van der Waals surface area contributed by atoms with E-state index in [1.54, 1.807) is 0 Å². The fourth-order valence-electron chi connectivity index (χ4n) is 2.38. The molecule has 1 saturated carbocycles. The van der Waals surface area contributed by atoms with Crippen LogP contribution < -0.4 is 0 Å². The summed E-state index contributed by atoms with van der Waals surface area (Å²) in [6, 6.07) is 0. The van der Waals surface area contributed by atoms with Gasteiger partial charge in [0.25, 0.3) is 0 Å². The normalized spacial score (nSPS) is 39.5. The first kappa shape index (κ1) is 9.05. The third kappa shape index (κ3) is 2.19. The molecule has 0 saturated heterocycles. The zero-order valence-corrected chi connectivity index (χ0v) is 7.88. The van der Waals surface area contributed by atoms with Crippen LogP contribution in [0.3, 0.4) is 0 Å². The van der Waals surface area contributed by atoms with Crippen LogP contribution in [-0.2, 0) is 0 Å². The molecule has 1 rings (SSSR count). The van der Waals surface area contributed by atoms with E-state index in [-0.39, 0.29) is 6.10 Å². The largest absolute Gasteiger partial charge is 0.393 e. The molecule has 0 aromatic rings. The molecular weight excluding hydrogens is 136 g/mol. The summed E-state index contributed by atoms with van der Waals surface area (Å²) >= 11 is 0. The van der Waals surface area contributed by atoms with E-state index in [2.05, 4.69) is 20.8 Å². The Morgan fingerprint density at radius 3 is 2.36 bits per heavy atom. The molecule has 0 aliphatic heterocycles. The molecule has 1 aliphatic rings. The molecule has 0 radical (unpaired) electrons. The maximum atomic E-state index is 9.38. The Labute approximate surface area is 69.8 Å². The van der Waals surface area contributed by atoms with Gasteiger partial charge in [-0.1, -0.05) is 20.8 Å². The van der Waals surface area contributed by atoms with Gasteiger partial charge >= 0.3 is 0 Å². The third-order valence-electron chi connectivity index (χ3n) is 3.06. The van der Waals surface area contributed by atoms with Gasteiger partial charge in [-0.15, -0.1) is 0 Å². The Balaban J connectivity index is 2.44. The number of aliphatic hydroxyl groups is 1. The second kappa shape index (κ2) is 3.57. The number of hydrogen-bond acceptors (Lipinski definition) is 1. The van der Waals surface area contributed by atoms with Crippen molar-refractivity contribution in [2.75, 3.05) is 0 Å². The third-order valence-corrected chi connectivity index (χ3v) is 3.06. The minimum Gasteiger partial charge on any atom is -0.393 e. The number of rotatable bonds is 1. The van der Waals surface area contributed by atoms with Gasteiger partial charge in [-0.3, -0.25) is 0 Å². The van der Waals surface area contributed by atoms with Gasteiger partial charge in [-0.05, 0) is 37.0 Å². The second-order valence-corrected chi connectivity index (χ2v) is 4.35. The highest BCUT2D eigenvalue weighted by Crippen LogP contribution is 2.34. The van der Waals surface area contributed by atoms with E-state index in [4.69, 9.17) is 0 Å². The van der Waals surface area contributed by atoms with Crippen molar-refractivity contribution in [3.8, 4) is 0 Å². The van der Waals surface area contributed by atoms with Gasteiger partial charge in [0.05, 0.1) is 6.10 Å². The Kier molecular flexibility index (Phi) is 2.94.